The Bertz CT molecular complexity index is 2310. The van der Waals surface area contributed by atoms with E-state index in [-0.39, 0.29) is 35.7 Å². The van der Waals surface area contributed by atoms with Crippen molar-refractivity contribution in [2.24, 2.45) is 11.8 Å². The first-order chi connectivity index (χ1) is 27.4. The van der Waals surface area contributed by atoms with E-state index in [9.17, 15) is 26.4 Å². The van der Waals surface area contributed by atoms with E-state index in [0.717, 1.165) is 50.8 Å². The average molecular weight is 836 g/mol. The minimum Gasteiger partial charge on any atom is -0.340 e. The van der Waals surface area contributed by atoms with Crippen LogP contribution in [0.5, 0.6) is 0 Å². The molecule has 2 amide bonds. The molecule has 2 aliphatic heterocycles. The maximum atomic E-state index is 14.0. The highest BCUT2D eigenvalue weighted by Crippen LogP contribution is 2.38. The summed E-state index contributed by atoms with van der Waals surface area (Å²) in [6.07, 6.45) is 6.41. The van der Waals surface area contributed by atoms with Crippen molar-refractivity contribution in [3.05, 3.63) is 72.6 Å². The van der Waals surface area contributed by atoms with Gasteiger partial charge in [-0.05, 0) is 68.6 Å². The van der Waals surface area contributed by atoms with Crippen molar-refractivity contribution in [3.8, 4) is 33.6 Å². The molecule has 2 aromatic heterocycles. The Morgan fingerprint density at radius 3 is 1.74 bits per heavy atom. The number of aromatic nitrogens is 4. The summed E-state index contributed by atoms with van der Waals surface area (Å²) < 4.78 is 57.4. The number of hydrogen-bond donors (Lipinski definition) is 4. The fourth-order valence-electron chi connectivity index (χ4n) is 7.61. The van der Waals surface area contributed by atoms with Crippen molar-refractivity contribution in [2.45, 2.75) is 96.6 Å². The van der Waals surface area contributed by atoms with E-state index in [0.29, 0.717) is 37.6 Å². The Labute approximate surface area is 342 Å². The second kappa shape index (κ2) is 17.4. The molecule has 17 heteroatoms. The predicted molar refractivity (Wildman–Crippen MR) is 225 cm³/mol. The van der Waals surface area contributed by atoms with Gasteiger partial charge in [0.15, 0.2) is 0 Å². The van der Waals surface area contributed by atoms with Crippen LogP contribution in [0.1, 0.15) is 91.0 Å². The molecule has 2 aliphatic rings. The van der Waals surface area contributed by atoms with Gasteiger partial charge in [0.25, 0.3) is 10.2 Å². The first-order valence-electron chi connectivity index (χ1n) is 20.0. The number of nitrogens with one attached hydrogen (secondary N) is 4. The van der Waals surface area contributed by atoms with Crippen LogP contribution >= 0.6 is 0 Å². The molecular weight excluding hydrogens is 779 g/mol. The second-order valence-electron chi connectivity index (χ2n) is 16.4. The van der Waals surface area contributed by atoms with Gasteiger partial charge in [0.2, 0.25) is 21.8 Å². The number of carbonyl (C=O) groups is 2. The molecule has 4 aromatic rings. The molecule has 2 aromatic carbocycles. The van der Waals surface area contributed by atoms with E-state index in [2.05, 4.69) is 31.5 Å². The fraction of sp³-hybridized carbons (Fsp3) is 0.512. The van der Waals surface area contributed by atoms with Crippen LogP contribution in [0.3, 0.4) is 0 Å². The fourth-order valence-corrected chi connectivity index (χ4v) is 9.51. The topological polar surface area (TPSA) is 194 Å². The average Bonchev–Trinajstić information content (AvgIpc) is 4.02. The quantitative estimate of drug-likeness (QED) is 0.125. The second-order valence-corrected chi connectivity index (χ2v) is 20.6. The van der Waals surface area contributed by atoms with Gasteiger partial charge in [-0.15, -0.1) is 0 Å². The van der Waals surface area contributed by atoms with Gasteiger partial charge in [0.1, 0.15) is 23.7 Å². The zero-order valence-corrected chi connectivity index (χ0v) is 36.2. The number of sulfonamides is 1. The predicted octanol–water partition coefficient (Wildman–Crippen LogP) is 5.23. The highest BCUT2D eigenvalue weighted by Gasteiger charge is 2.40. The van der Waals surface area contributed by atoms with Crippen molar-refractivity contribution in [1.82, 2.24) is 43.5 Å². The van der Waals surface area contributed by atoms with Crippen LogP contribution < -0.4 is 9.44 Å². The lowest BCUT2D eigenvalue weighted by Gasteiger charge is -2.30. The van der Waals surface area contributed by atoms with Crippen LogP contribution in [0.15, 0.2) is 60.9 Å². The first-order valence-corrected chi connectivity index (χ1v) is 23.0. The number of benzene rings is 2. The van der Waals surface area contributed by atoms with Crippen molar-refractivity contribution >= 4 is 32.0 Å². The number of rotatable bonds is 15. The van der Waals surface area contributed by atoms with E-state index in [1.165, 1.54) is 14.1 Å². The number of nitrogens with zero attached hydrogens (tertiary/aromatic N) is 5. The molecule has 4 heterocycles. The van der Waals surface area contributed by atoms with E-state index < -0.39 is 37.6 Å². The van der Waals surface area contributed by atoms with Gasteiger partial charge in [0, 0.05) is 38.3 Å². The van der Waals surface area contributed by atoms with Crippen LogP contribution in [-0.4, -0.2) is 107 Å². The molecule has 0 saturated carbocycles. The molecule has 2 fully saturated rings. The lowest BCUT2D eigenvalue weighted by atomic mass is 9.95. The van der Waals surface area contributed by atoms with Gasteiger partial charge in [-0.2, -0.15) is 17.4 Å². The smallest absolute Gasteiger partial charge is 0.279 e. The van der Waals surface area contributed by atoms with Gasteiger partial charge >= 0.3 is 0 Å². The minimum absolute atomic E-state index is 0.253. The van der Waals surface area contributed by atoms with E-state index in [4.69, 9.17) is 9.97 Å². The number of hydrogen-bond acceptors (Lipinski definition) is 8. The summed E-state index contributed by atoms with van der Waals surface area (Å²) in [4.78, 5) is 47.9. The number of aromatic amines is 2. The lowest BCUT2D eigenvalue weighted by Crippen LogP contribution is -2.53. The third-order valence-corrected chi connectivity index (χ3v) is 14.5. The highest BCUT2D eigenvalue weighted by molar-refractivity contribution is 7.90. The van der Waals surface area contributed by atoms with Crippen molar-refractivity contribution < 1.29 is 26.4 Å². The molecule has 314 valence electrons. The Morgan fingerprint density at radius 2 is 1.22 bits per heavy atom. The summed E-state index contributed by atoms with van der Waals surface area (Å²) in [7, 11) is -4.67. The first kappa shape index (κ1) is 43.2. The van der Waals surface area contributed by atoms with E-state index >= 15 is 0 Å². The Morgan fingerprint density at radius 1 is 0.707 bits per heavy atom. The Hall–Kier alpha value is -4.42. The van der Waals surface area contributed by atoms with Crippen LogP contribution in [0.2, 0.25) is 0 Å². The van der Waals surface area contributed by atoms with Gasteiger partial charge in [0.05, 0.1) is 41.1 Å². The third kappa shape index (κ3) is 9.08. The Kier molecular flexibility index (Phi) is 13.0. The van der Waals surface area contributed by atoms with Crippen molar-refractivity contribution in [1.29, 1.82) is 0 Å². The van der Waals surface area contributed by atoms with Gasteiger partial charge in [-0.1, -0.05) is 70.2 Å². The number of H-pyrrole nitrogens is 2. The molecule has 0 aliphatic carbocycles. The molecule has 0 bridgehead atoms. The maximum absolute atomic E-state index is 14.0. The van der Waals surface area contributed by atoms with E-state index in [1.54, 1.807) is 36.0 Å². The normalized spacial score (nSPS) is 18.9. The van der Waals surface area contributed by atoms with Gasteiger partial charge in [-0.25, -0.2) is 23.1 Å². The van der Waals surface area contributed by atoms with E-state index in [1.807, 2.05) is 64.1 Å². The minimum atomic E-state index is -3.85. The molecule has 0 spiro atoms. The number of amides is 2. The summed E-state index contributed by atoms with van der Waals surface area (Å²) in [5.74, 6) is 0.162. The van der Waals surface area contributed by atoms with Crippen LogP contribution in [0.4, 0.5) is 0 Å². The Balaban J connectivity index is 1.30. The molecule has 15 nitrogen and oxygen atoms in total. The summed E-state index contributed by atoms with van der Waals surface area (Å²) in [6, 6.07) is 13.6. The number of likely N-dealkylation sites (tertiary alicyclic amines) is 2. The molecule has 0 unspecified atom stereocenters. The standard InChI is InChI=1S/C41H57N9O6S2/c1-25(2)36(46-57(53,54)27(5)6)40(51)49-20-12-16-34(49)38-42-23-32(44-38)29-18-19-30(28-14-10-9-11-15-28)31(22-29)33-24-43-39(45-33)35-17-13-21-50(35)41(52)37(26(3)4)47-58(55,56)48(7)8/h9-11,14-15,18-19,22-27,34-37,46-47H,12-13,16-17,20-21H2,1-8H3,(H,42,44)(H,43,45)/t34-,35-,36-,37-/m0/s1. The third-order valence-electron chi connectivity index (χ3n) is 11.1. The number of carbonyl (C=O) groups excluding carboxylic acids is 2. The van der Waals surface area contributed by atoms with Gasteiger partial charge < -0.3 is 19.8 Å². The summed E-state index contributed by atoms with van der Waals surface area (Å²) >= 11 is 0. The summed E-state index contributed by atoms with van der Waals surface area (Å²) in [5, 5.41) is -0.669. The van der Waals surface area contributed by atoms with Crippen LogP contribution in [0, 0.1) is 11.8 Å². The summed E-state index contributed by atoms with van der Waals surface area (Å²) in [5.41, 5.74) is 5.21. The monoisotopic (exact) mass is 835 g/mol. The zero-order chi connectivity index (χ0) is 42.1. The SMILES string of the molecule is CC(C)[C@H](NS(=O)(=O)C(C)C)C(=O)N1CCC[C@H]1c1ncc(-c2ccc(-c3ccccc3)c(-c3cnc([C@@H]4CCCN4C(=O)[C@@H](NS(=O)(=O)N(C)C)C(C)C)[nH]3)c2)[nH]1. The molecule has 6 rings (SSSR count). The molecule has 2 saturated heterocycles. The number of imidazole rings is 2. The molecule has 58 heavy (non-hydrogen) atoms. The summed E-state index contributed by atoms with van der Waals surface area (Å²) in [6.45, 7) is 11.5. The molecule has 4 N–H and O–H groups in total. The largest absolute Gasteiger partial charge is 0.340 e. The molecule has 4 atom stereocenters. The maximum Gasteiger partial charge on any atom is 0.279 e. The van der Waals surface area contributed by atoms with Crippen LogP contribution in [0.25, 0.3) is 33.6 Å². The highest BCUT2D eigenvalue weighted by atomic mass is 32.2. The van der Waals surface area contributed by atoms with Crippen LogP contribution in [-0.2, 0) is 29.8 Å². The van der Waals surface area contributed by atoms with Gasteiger partial charge in [-0.3, -0.25) is 9.59 Å². The van der Waals surface area contributed by atoms with Crippen molar-refractivity contribution in [2.75, 3.05) is 27.2 Å². The lowest BCUT2D eigenvalue weighted by molar-refractivity contribution is -0.135. The zero-order valence-electron chi connectivity index (χ0n) is 34.6. The van der Waals surface area contributed by atoms with Crippen molar-refractivity contribution in [3.63, 3.8) is 0 Å². The molecule has 0 radical (unpaired) electrons. The molecular formula is C41H57N9O6S2.